The van der Waals surface area contributed by atoms with Crippen molar-refractivity contribution in [1.29, 1.82) is 0 Å². The van der Waals surface area contributed by atoms with E-state index < -0.39 is 24.4 Å². The molecule has 0 radical (unpaired) electrons. The van der Waals surface area contributed by atoms with Gasteiger partial charge in [-0.25, -0.2) is 0 Å². The number of nitrogens with one attached hydrogen (secondary N) is 1. The predicted octanol–water partition coefficient (Wildman–Crippen LogP) is 2.48. The topological polar surface area (TPSA) is 88.1 Å². The highest BCUT2D eigenvalue weighted by molar-refractivity contribution is 6.42. The molecule has 9 heteroatoms. The summed E-state index contributed by atoms with van der Waals surface area (Å²) >= 11 is 12.0. The van der Waals surface area contributed by atoms with Gasteiger partial charge in [-0.15, -0.1) is 0 Å². The highest BCUT2D eigenvalue weighted by Gasteiger charge is 2.30. The van der Waals surface area contributed by atoms with E-state index in [-0.39, 0.29) is 12.3 Å². The maximum atomic E-state index is 12.9. The summed E-state index contributed by atoms with van der Waals surface area (Å²) in [5.41, 5.74) is 4.51. The molecule has 7 nitrogen and oxygen atoms in total. The van der Waals surface area contributed by atoms with Gasteiger partial charge in [0.25, 0.3) is 5.91 Å². The number of carbonyl (C=O) groups is 3. The number of nitrogens with zero attached hydrogens (tertiary/aromatic N) is 2. The van der Waals surface area contributed by atoms with Crippen LogP contribution in [0.2, 0.25) is 10.0 Å². The summed E-state index contributed by atoms with van der Waals surface area (Å²) in [5.74, 6) is -1.54. The van der Waals surface area contributed by atoms with Gasteiger partial charge in [0.1, 0.15) is 0 Å². The molecule has 0 saturated carbocycles. The van der Waals surface area contributed by atoms with Crippen LogP contribution in [0.3, 0.4) is 0 Å². The van der Waals surface area contributed by atoms with Crippen molar-refractivity contribution in [2.45, 2.75) is 13.3 Å². The van der Waals surface area contributed by atoms with E-state index in [0.29, 0.717) is 27.7 Å². The van der Waals surface area contributed by atoms with Gasteiger partial charge in [-0.1, -0.05) is 29.3 Å². The number of Topliss-reactive ketones (excluding diaryl/α,β-unsaturated/α-hetero) is 1. The molecule has 28 heavy (non-hydrogen) atoms. The van der Waals surface area contributed by atoms with E-state index in [0.717, 1.165) is 5.56 Å². The molecule has 1 N–H and O–H groups in total. The van der Waals surface area contributed by atoms with Crippen molar-refractivity contribution < 1.29 is 19.1 Å². The Balaban J connectivity index is 1.64. The molecule has 2 aliphatic heterocycles. The molecular formula is C19H17Cl2N3O4. The summed E-state index contributed by atoms with van der Waals surface area (Å²) < 4.78 is 4.65. The largest absolute Gasteiger partial charge is 0.456 e. The Morgan fingerprint density at radius 1 is 1.32 bits per heavy atom. The lowest BCUT2D eigenvalue weighted by atomic mass is 9.88. The SMILES string of the molecule is CC(=O)OCC(=O)NN1C=CC2=C(C1)C(=O)C(Cc1ccc(Cl)c(Cl)c1)C=N2. The van der Waals surface area contributed by atoms with Gasteiger partial charge in [-0.3, -0.25) is 29.8 Å². The van der Waals surface area contributed by atoms with E-state index in [9.17, 15) is 14.4 Å². The van der Waals surface area contributed by atoms with Crippen LogP contribution in [-0.2, 0) is 25.5 Å². The van der Waals surface area contributed by atoms with Crippen LogP contribution in [0.15, 0.2) is 46.7 Å². The van der Waals surface area contributed by atoms with Crippen LogP contribution in [0.4, 0.5) is 0 Å². The number of ether oxygens (including phenoxy) is 1. The second kappa shape index (κ2) is 8.58. The van der Waals surface area contributed by atoms with Crippen molar-refractivity contribution in [2.75, 3.05) is 13.2 Å². The number of ketones is 1. The number of rotatable bonds is 5. The van der Waals surface area contributed by atoms with E-state index in [1.54, 1.807) is 30.6 Å². The second-order valence-corrected chi connectivity index (χ2v) is 7.14. The molecule has 0 aromatic heterocycles. The molecule has 0 saturated heterocycles. The van der Waals surface area contributed by atoms with Crippen molar-refractivity contribution in [3.63, 3.8) is 0 Å². The summed E-state index contributed by atoms with van der Waals surface area (Å²) in [6, 6.07) is 5.25. The first-order valence-electron chi connectivity index (χ1n) is 8.46. The predicted molar refractivity (Wildman–Crippen MR) is 105 cm³/mol. The fourth-order valence-electron chi connectivity index (χ4n) is 2.85. The number of hydrogen-bond donors (Lipinski definition) is 1. The summed E-state index contributed by atoms with van der Waals surface area (Å²) in [4.78, 5) is 39.9. The van der Waals surface area contributed by atoms with Gasteiger partial charge in [0.05, 0.1) is 28.2 Å². The standard InChI is InChI=1S/C19H17Cl2N3O4/c1-11(25)28-10-18(26)23-24-5-4-17-14(9-24)19(27)13(8-22-17)6-12-2-3-15(20)16(21)7-12/h2-5,7-8,13H,6,9-10H2,1H3,(H,23,26). The van der Waals surface area contributed by atoms with E-state index in [2.05, 4.69) is 15.2 Å². The van der Waals surface area contributed by atoms with Crippen LogP contribution in [-0.4, -0.2) is 42.0 Å². The fourth-order valence-corrected chi connectivity index (χ4v) is 3.18. The summed E-state index contributed by atoms with van der Waals surface area (Å²) in [7, 11) is 0. The lowest BCUT2D eigenvalue weighted by Gasteiger charge is -2.29. The third-order valence-corrected chi connectivity index (χ3v) is 4.93. The van der Waals surface area contributed by atoms with Crippen molar-refractivity contribution >= 4 is 47.1 Å². The number of benzene rings is 1. The van der Waals surface area contributed by atoms with E-state index >= 15 is 0 Å². The number of carbonyl (C=O) groups excluding carboxylic acids is 3. The van der Waals surface area contributed by atoms with Gasteiger partial charge in [0.15, 0.2) is 12.4 Å². The van der Waals surface area contributed by atoms with E-state index in [4.69, 9.17) is 23.2 Å². The number of esters is 1. The molecule has 3 rings (SSSR count). The van der Waals surface area contributed by atoms with Gasteiger partial charge in [0, 0.05) is 24.9 Å². The Morgan fingerprint density at radius 2 is 2.11 bits per heavy atom. The average molecular weight is 422 g/mol. The quantitative estimate of drug-likeness (QED) is 0.737. The van der Waals surface area contributed by atoms with Crippen molar-refractivity contribution in [1.82, 2.24) is 10.4 Å². The summed E-state index contributed by atoms with van der Waals surface area (Å²) in [5, 5.41) is 2.35. The molecule has 0 aliphatic carbocycles. The van der Waals surface area contributed by atoms with Gasteiger partial charge < -0.3 is 4.74 Å². The molecule has 146 valence electrons. The van der Waals surface area contributed by atoms with Crippen molar-refractivity contribution in [3.8, 4) is 0 Å². The van der Waals surface area contributed by atoms with Crippen LogP contribution in [0, 0.1) is 5.92 Å². The monoisotopic (exact) mass is 421 g/mol. The lowest BCUT2D eigenvalue weighted by Crippen LogP contribution is -2.44. The Hall–Kier alpha value is -2.64. The molecular weight excluding hydrogens is 405 g/mol. The minimum atomic E-state index is -0.545. The highest BCUT2D eigenvalue weighted by atomic mass is 35.5. The first-order chi connectivity index (χ1) is 13.3. The molecule has 1 unspecified atom stereocenters. The smallest absolute Gasteiger partial charge is 0.303 e. The second-order valence-electron chi connectivity index (χ2n) is 6.32. The third-order valence-electron chi connectivity index (χ3n) is 4.19. The van der Waals surface area contributed by atoms with Crippen LogP contribution in [0.5, 0.6) is 0 Å². The average Bonchev–Trinajstić information content (AvgIpc) is 2.65. The number of hydrogen-bond acceptors (Lipinski definition) is 6. The molecule has 2 aliphatic rings. The van der Waals surface area contributed by atoms with Gasteiger partial charge >= 0.3 is 5.97 Å². The Labute approximate surface area is 171 Å². The van der Waals surface area contributed by atoms with Crippen LogP contribution in [0.1, 0.15) is 12.5 Å². The van der Waals surface area contributed by atoms with Crippen molar-refractivity contribution in [2.24, 2.45) is 10.9 Å². The third kappa shape index (κ3) is 4.79. The summed E-state index contributed by atoms with van der Waals surface area (Å²) in [6.07, 6.45) is 5.32. The zero-order valence-electron chi connectivity index (χ0n) is 14.9. The Bertz CT molecular complexity index is 924. The Kier molecular flexibility index (Phi) is 6.16. The number of amides is 1. The lowest BCUT2D eigenvalue weighted by molar-refractivity contribution is -0.147. The molecule has 1 atom stereocenters. The zero-order valence-corrected chi connectivity index (χ0v) is 16.5. The van der Waals surface area contributed by atoms with Crippen LogP contribution in [0.25, 0.3) is 0 Å². The first kappa shape index (κ1) is 20.1. The zero-order chi connectivity index (χ0) is 20.3. The molecule has 0 bridgehead atoms. The van der Waals surface area contributed by atoms with Gasteiger partial charge in [-0.2, -0.15) is 0 Å². The molecule has 1 amide bonds. The maximum Gasteiger partial charge on any atom is 0.303 e. The van der Waals surface area contributed by atoms with Crippen LogP contribution < -0.4 is 5.43 Å². The van der Waals surface area contributed by atoms with E-state index in [1.807, 2.05) is 6.07 Å². The number of aliphatic imine (C=N–C) groups is 1. The number of halogens is 2. The Morgan fingerprint density at radius 3 is 2.82 bits per heavy atom. The van der Waals surface area contributed by atoms with Gasteiger partial charge in [-0.05, 0) is 30.2 Å². The molecule has 1 aromatic carbocycles. The van der Waals surface area contributed by atoms with E-state index in [1.165, 1.54) is 11.9 Å². The minimum absolute atomic E-state index is 0.0698. The van der Waals surface area contributed by atoms with Crippen LogP contribution >= 0.6 is 23.2 Å². The number of allylic oxidation sites excluding steroid dienone is 1. The van der Waals surface area contributed by atoms with Crippen molar-refractivity contribution in [3.05, 3.63) is 57.4 Å². The number of hydrazine groups is 1. The molecule has 1 aromatic rings. The minimum Gasteiger partial charge on any atom is -0.456 e. The normalized spacial score (nSPS) is 18.2. The highest BCUT2D eigenvalue weighted by Crippen LogP contribution is 2.27. The maximum absolute atomic E-state index is 12.9. The molecule has 0 spiro atoms. The fraction of sp³-hybridized carbons (Fsp3) is 0.263. The molecule has 0 fully saturated rings. The molecule has 2 heterocycles. The summed E-state index contributed by atoms with van der Waals surface area (Å²) in [6.45, 7) is 1.00. The first-order valence-corrected chi connectivity index (χ1v) is 9.22. The van der Waals surface area contributed by atoms with Gasteiger partial charge in [0.2, 0.25) is 0 Å².